The Labute approximate surface area is 292 Å². The molecule has 5 nitrogen and oxygen atoms in total. The third-order valence-corrected chi connectivity index (χ3v) is 15.2. The third kappa shape index (κ3) is 17.3. The maximum absolute atomic E-state index is 11.6. The van der Waals surface area contributed by atoms with Gasteiger partial charge in [-0.15, -0.1) is 0 Å². The zero-order chi connectivity index (χ0) is 36.5. The van der Waals surface area contributed by atoms with E-state index in [9.17, 15) is 4.79 Å². The van der Waals surface area contributed by atoms with Crippen LogP contribution >= 0.6 is 0 Å². The van der Waals surface area contributed by atoms with Gasteiger partial charge < -0.3 is 18.3 Å². The van der Waals surface area contributed by atoms with E-state index >= 15 is 0 Å². The van der Waals surface area contributed by atoms with E-state index in [0.717, 1.165) is 31.1 Å². The quantitative estimate of drug-likeness (QED) is 0.0998. The van der Waals surface area contributed by atoms with Crippen LogP contribution in [-0.4, -0.2) is 49.0 Å². The number of esters is 1. The van der Waals surface area contributed by atoms with Gasteiger partial charge in [-0.1, -0.05) is 77.9 Å². The Balaban J connectivity index is 0.000000676. The van der Waals surface area contributed by atoms with Crippen LogP contribution in [0.5, 0.6) is 5.75 Å². The predicted molar refractivity (Wildman–Crippen MR) is 208 cm³/mol. The zero-order valence-electron chi connectivity index (χ0n) is 33.3. The summed E-state index contributed by atoms with van der Waals surface area (Å²) in [5, 5.41) is 1.37. The lowest BCUT2D eigenvalue weighted by Gasteiger charge is -2.25. The molecule has 0 aromatic heterocycles. The van der Waals surface area contributed by atoms with E-state index in [1.165, 1.54) is 29.2 Å². The van der Waals surface area contributed by atoms with Gasteiger partial charge in [-0.2, -0.15) is 0 Å². The molecule has 0 saturated carbocycles. The van der Waals surface area contributed by atoms with Gasteiger partial charge >= 0.3 is 5.97 Å². The molecule has 0 amide bonds. The third-order valence-electron chi connectivity index (χ3n) is 9.75. The minimum atomic E-state index is -1.62. The Hall–Kier alpha value is -1.94. The minimum Gasteiger partial charge on any atom is -0.488 e. The van der Waals surface area contributed by atoms with E-state index < -0.39 is 16.6 Å². The van der Waals surface area contributed by atoms with Crippen LogP contribution in [0.3, 0.4) is 0 Å². The largest absolute Gasteiger partial charge is 0.488 e. The maximum atomic E-state index is 11.6. The first-order valence-corrected chi connectivity index (χ1v) is 23.9. The lowest BCUT2D eigenvalue weighted by molar-refractivity contribution is -0.154. The summed E-state index contributed by atoms with van der Waals surface area (Å²) in [6.07, 6.45) is 5.11. The van der Waals surface area contributed by atoms with Gasteiger partial charge in [-0.25, -0.2) is 0 Å². The van der Waals surface area contributed by atoms with Gasteiger partial charge in [0, 0.05) is 14.2 Å². The topological polar surface area (TPSA) is 54.0 Å². The SMILES string of the molecule is CCC(C)(C)C(=O)OCCC[Si](C)(C)OC.CCC(C)c1ccc(OC(C)(C)CC)cc1.CCC(C)c1ccc([Si](C)(C)OC)cc1. The standard InChI is InChI=1S/C15H24O.C13H22OSi.C12H26O3Si/c1-6-12(3)13-8-10-14(11-9-13)16-15(4,5)7-2;1-6-11(2)12-7-9-13(10-8-12)15(4,5)14-3;1-7-12(2,3)11(13)15-9-8-10-16(5,6)14-4/h8-12H,6-7H2,1-5H3;7-11H,6H2,1-5H3;7-10H2,1-6H3. The van der Waals surface area contributed by atoms with Crippen LogP contribution in [0.25, 0.3) is 0 Å². The molecule has 0 bridgehead atoms. The average Bonchev–Trinajstić information content (AvgIpc) is 3.06. The van der Waals surface area contributed by atoms with E-state index in [1.54, 1.807) is 7.11 Å². The van der Waals surface area contributed by atoms with Crippen LogP contribution in [0.4, 0.5) is 0 Å². The second kappa shape index (κ2) is 21.2. The average molecular weight is 689 g/mol. The molecular weight excluding hydrogens is 617 g/mol. The fourth-order valence-corrected chi connectivity index (χ4v) is 6.57. The number of benzene rings is 2. The van der Waals surface area contributed by atoms with Gasteiger partial charge in [0.25, 0.3) is 0 Å². The van der Waals surface area contributed by atoms with Gasteiger partial charge in [-0.05, 0) is 132 Å². The maximum Gasteiger partial charge on any atom is 0.311 e. The summed E-state index contributed by atoms with van der Waals surface area (Å²) in [7, 11) is 0.461. The molecule has 0 N–H and O–H groups in total. The monoisotopic (exact) mass is 688 g/mol. The Morgan fingerprint density at radius 3 is 1.57 bits per heavy atom. The molecule has 2 aromatic carbocycles. The number of hydrogen-bond acceptors (Lipinski definition) is 5. The normalized spacial score (nSPS) is 13.4. The lowest BCUT2D eigenvalue weighted by Crippen LogP contribution is -2.43. The number of hydrogen-bond donors (Lipinski definition) is 0. The Morgan fingerprint density at radius 1 is 0.723 bits per heavy atom. The van der Waals surface area contributed by atoms with Crippen LogP contribution in [0.2, 0.25) is 32.2 Å². The highest BCUT2D eigenvalue weighted by atomic mass is 28.4. The number of carbonyl (C=O) groups excluding carboxylic acids is 1. The van der Waals surface area contributed by atoms with Crippen LogP contribution in [-0.2, 0) is 18.4 Å². The predicted octanol–water partition coefficient (Wildman–Crippen LogP) is 11.2. The molecule has 0 radical (unpaired) electrons. The Bertz CT molecular complexity index is 1120. The summed E-state index contributed by atoms with van der Waals surface area (Å²) in [5.74, 6) is 2.17. The van der Waals surface area contributed by atoms with Crippen molar-refractivity contribution in [3.05, 3.63) is 59.7 Å². The lowest BCUT2D eigenvalue weighted by atomic mass is 9.91. The molecule has 0 saturated heterocycles. The molecule has 0 spiro atoms. The van der Waals surface area contributed by atoms with Crippen molar-refractivity contribution in [2.45, 2.75) is 151 Å². The van der Waals surface area contributed by atoms with E-state index in [0.29, 0.717) is 18.4 Å². The molecule has 2 aromatic rings. The summed E-state index contributed by atoms with van der Waals surface area (Å²) < 4.78 is 22.2. The van der Waals surface area contributed by atoms with E-state index in [2.05, 4.69) is 123 Å². The van der Waals surface area contributed by atoms with Crippen LogP contribution < -0.4 is 9.92 Å². The molecule has 2 rings (SSSR count). The fourth-order valence-electron chi connectivity index (χ4n) is 4.16. The summed E-state index contributed by atoms with van der Waals surface area (Å²) in [4.78, 5) is 11.6. The van der Waals surface area contributed by atoms with Gasteiger partial charge in [0.2, 0.25) is 8.32 Å². The molecule has 0 fully saturated rings. The molecule has 0 heterocycles. The first kappa shape index (κ1) is 45.1. The summed E-state index contributed by atoms with van der Waals surface area (Å²) >= 11 is 0. The van der Waals surface area contributed by atoms with Crippen molar-refractivity contribution in [3.63, 3.8) is 0 Å². The van der Waals surface area contributed by atoms with Gasteiger partial charge in [0.15, 0.2) is 8.32 Å². The molecular formula is C40H72O5Si2. The Kier molecular flexibility index (Phi) is 20.3. The zero-order valence-corrected chi connectivity index (χ0v) is 35.3. The first-order valence-electron chi connectivity index (χ1n) is 17.9. The molecule has 270 valence electrons. The van der Waals surface area contributed by atoms with E-state index in [1.807, 2.05) is 27.9 Å². The fraction of sp³-hybridized carbons (Fsp3) is 0.675. The van der Waals surface area contributed by atoms with Crippen LogP contribution in [0.1, 0.15) is 124 Å². The molecule has 2 unspecified atom stereocenters. The van der Waals surface area contributed by atoms with Crippen LogP contribution in [0.15, 0.2) is 48.5 Å². The molecule has 7 heteroatoms. The summed E-state index contributed by atoms with van der Waals surface area (Å²) in [6, 6.07) is 18.5. The molecule has 0 aliphatic carbocycles. The molecule has 0 aliphatic heterocycles. The first-order chi connectivity index (χ1) is 21.7. The van der Waals surface area contributed by atoms with E-state index in [-0.39, 0.29) is 17.0 Å². The minimum absolute atomic E-state index is 0.0715. The van der Waals surface area contributed by atoms with Crippen molar-refractivity contribution < 1.29 is 23.1 Å². The second-order valence-corrected chi connectivity index (χ2v) is 23.6. The molecule has 47 heavy (non-hydrogen) atoms. The summed E-state index contributed by atoms with van der Waals surface area (Å²) in [5.41, 5.74) is 2.40. The molecule has 2 atom stereocenters. The van der Waals surface area contributed by atoms with E-state index in [4.69, 9.17) is 18.3 Å². The van der Waals surface area contributed by atoms with Crippen molar-refractivity contribution in [3.8, 4) is 5.75 Å². The van der Waals surface area contributed by atoms with Crippen LogP contribution in [0, 0.1) is 5.41 Å². The van der Waals surface area contributed by atoms with Gasteiger partial charge in [0.1, 0.15) is 11.4 Å². The Morgan fingerprint density at radius 2 is 1.19 bits per heavy atom. The van der Waals surface area contributed by atoms with Crippen molar-refractivity contribution >= 4 is 27.8 Å². The number of ether oxygens (including phenoxy) is 2. The van der Waals surface area contributed by atoms with Gasteiger partial charge in [-0.3, -0.25) is 4.79 Å². The number of rotatable bonds is 16. The van der Waals surface area contributed by atoms with Gasteiger partial charge in [0.05, 0.1) is 12.0 Å². The number of carbonyl (C=O) groups is 1. The van der Waals surface area contributed by atoms with Crippen molar-refractivity contribution in [1.29, 1.82) is 0 Å². The van der Waals surface area contributed by atoms with Crippen molar-refractivity contribution in [1.82, 2.24) is 0 Å². The smallest absolute Gasteiger partial charge is 0.311 e. The highest BCUT2D eigenvalue weighted by Crippen LogP contribution is 2.25. The van der Waals surface area contributed by atoms with Crippen molar-refractivity contribution in [2.75, 3.05) is 20.8 Å². The second-order valence-electron chi connectivity index (χ2n) is 15.2. The molecule has 0 aliphatic rings. The summed E-state index contributed by atoms with van der Waals surface area (Å²) in [6.45, 7) is 30.5. The highest BCUT2D eigenvalue weighted by molar-refractivity contribution is 6.84. The van der Waals surface area contributed by atoms with Crippen molar-refractivity contribution in [2.24, 2.45) is 5.41 Å². The highest BCUT2D eigenvalue weighted by Gasteiger charge is 2.27.